The van der Waals surface area contributed by atoms with Gasteiger partial charge < -0.3 is 20.5 Å². The van der Waals surface area contributed by atoms with Gasteiger partial charge >= 0.3 is 12.1 Å². The second-order valence-electron chi connectivity index (χ2n) is 9.41. The van der Waals surface area contributed by atoms with E-state index < -0.39 is 23.5 Å². The Balaban J connectivity index is 1.36. The number of alkyl carbamates (subject to hydrolysis) is 1. The van der Waals surface area contributed by atoms with Gasteiger partial charge in [-0.15, -0.1) is 0 Å². The van der Waals surface area contributed by atoms with Crippen LogP contribution in [0.15, 0.2) is 66.7 Å². The molecule has 0 fully saturated rings. The van der Waals surface area contributed by atoms with E-state index in [0.717, 1.165) is 27.8 Å². The van der Waals surface area contributed by atoms with E-state index in [1.54, 1.807) is 32.9 Å². The number of carboxylic acids is 1. The summed E-state index contributed by atoms with van der Waals surface area (Å²) in [5.41, 5.74) is 4.61. The molecule has 0 saturated carbocycles. The summed E-state index contributed by atoms with van der Waals surface area (Å²) in [7, 11) is 0. The van der Waals surface area contributed by atoms with E-state index in [-0.39, 0.29) is 30.2 Å². The molecule has 3 aromatic rings. The lowest BCUT2D eigenvalue weighted by Crippen LogP contribution is -2.46. The summed E-state index contributed by atoms with van der Waals surface area (Å²) < 4.78 is 5.58. The lowest BCUT2D eigenvalue weighted by Gasteiger charge is -2.26. The zero-order valence-electron chi connectivity index (χ0n) is 19.9. The lowest BCUT2D eigenvalue weighted by atomic mass is 9.98. The molecule has 0 atom stereocenters. The normalized spacial score (nSPS) is 12.4. The van der Waals surface area contributed by atoms with E-state index in [1.165, 1.54) is 6.07 Å². The Labute approximate surface area is 204 Å². The fourth-order valence-corrected chi connectivity index (χ4v) is 4.49. The third kappa shape index (κ3) is 5.35. The Hall–Kier alpha value is -4.13. The molecule has 3 aromatic carbocycles. The van der Waals surface area contributed by atoms with Crippen molar-refractivity contribution in [3.05, 3.63) is 89.0 Å². The summed E-state index contributed by atoms with van der Waals surface area (Å²) in [5.74, 6) is -1.60. The van der Waals surface area contributed by atoms with Crippen molar-refractivity contribution in [2.75, 3.05) is 11.9 Å². The first-order valence-electron chi connectivity index (χ1n) is 11.4. The smallest absolute Gasteiger partial charge is 0.407 e. The molecule has 7 nitrogen and oxygen atoms in total. The quantitative estimate of drug-likeness (QED) is 0.431. The number of benzene rings is 3. The number of anilines is 1. The summed E-state index contributed by atoms with van der Waals surface area (Å²) in [5, 5.41) is 14.8. The zero-order chi connectivity index (χ0) is 25.2. The fourth-order valence-electron chi connectivity index (χ4n) is 4.49. The van der Waals surface area contributed by atoms with Gasteiger partial charge in [-0.2, -0.15) is 0 Å². The molecule has 180 valence electrons. The van der Waals surface area contributed by atoms with Crippen molar-refractivity contribution < 1.29 is 24.2 Å². The standard InChI is InChI=1S/C28H28N2O5/c1-17-12-13-24(22(14-17)26(32)33)29-25(31)15-28(2,3)30-27(34)35-16-23-20-10-6-4-8-18(20)19-9-5-7-11-21(19)23/h4-14,23H,15-16H2,1-3H3,(H,29,31)(H,30,34)(H,32,33). The van der Waals surface area contributed by atoms with Crippen molar-refractivity contribution in [3.63, 3.8) is 0 Å². The highest BCUT2D eigenvalue weighted by Gasteiger charge is 2.30. The van der Waals surface area contributed by atoms with Gasteiger partial charge in [0.05, 0.1) is 11.3 Å². The number of aromatic carboxylic acids is 1. The molecule has 0 aromatic heterocycles. The molecule has 7 heteroatoms. The molecular formula is C28H28N2O5. The predicted octanol–water partition coefficient (Wildman–Crippen LogP) is 5.34. The largest absolute Gasteiger partial charge is 0.478 e. The van der Waals surface area contributed by atoms with E-state index in [2.05, 4.69) is 22.8 Å². The number of carboxylic acid groups (broad SMARTS) is 1. The van der Waals surface area contributed by atoms with Crippen LogP contribution in [-0.2, 0) is 9.53 Å². The minimum Gasteiger partial charge on any atom is -0.478 e. The number of ether oxygens (including phenoxy) is 1. The minimum atomic E-state index is -1.12. The number of carbonyl (C=O) groups excluding carboxylic acids is 2. The van der Waals surface area contributed by atoms with E-state index in [1.807, 2.05) is 36.4 Å². The second-order valence-corrected chi connectivity index (χ2v) is 9.41. The third-order valence-electron chi connectivity index (χ3n) is 6.07. The molecule has 1 aliphatic carbocycles. The van der Waals surface area contributed by atoms with Crippen LogP contribution in [0.3, 0.4) is 0 Å². The SMILES string of the molecule is Cc1ccc(NC(=O)CC(C)(C)NC(=O)OCC2c3ccccc3-c3ccccc32)c(C(=O)O)c1. The van der Waals surface area contributed by atoms with Crippen molar-refractivity contribution in [2.45, 2.75) is 38.6 Å². The molecule has 3 N–H and O–H groups in total. The first-order valence-corrected chi connectivity index (χ1v) is 11.4. The molecule has 0 spiro atoms. The summed E-state index contributed by atoms with van der Waals surface area (Å²) in [6, 6.07) is 21.0. The second kappa shape index (κ2) is 9.62. The topological polar surface area (TPSA) is 105 Å². The number of hydrogen-bond donors (Lipinski definition) is 3. The molecule has 4 rings (SSSR count). The van der Waals surface area contributed by atoms with Crippen LogP contribution >= 0.6 is 0 Å². The number of fused-ring (bicyclic) bond motifs is 3. The summed E-state index contributed by atoms with van der Waals surface area (Å²) in [6.45, 7) is 5.37. The maximum absolute atomic E-state index is 12.6. The van der Waals surface area contributed by atoms with Gasteiger partial charge in [0.2, 0.25) is 5.91 Å². The molecule has 1 aliphatic rings. The number of nitrogens with one attached hydrogen (secondary N) is 2. The monoisotopic (exact) mass is 472 g/mol. The Morgan fingerprint density at radius 3 is 2.14 bits per heavy atom. The van der Waals surface area contributed by atoms with Gasteiger partial charge in [-0.3, -0.25) is 4.79 Å². The fraction of sp³-hybridized carbons (Fsp3) is 0.250. The maximum atomic E-state index is 12.6. The van der Waals surface area contributed by atoms with Gasteiger partial charge in [0.25, 0.3) is 0 Å². The highest BCUT2D eigenvalue weighted by atomic mass is 16.5. The first kappa shape index (κ1) is 24.0. The molecule has 0 saturated heterocycles. The molecule has 0 bridgehead atoms. The number of carbonyl (C=O) groups is 3. The number of amides is 2. The number of rotatable bonds is 7. The van der Waals surface area contributed by atoms with E-state index in [0.29, 0.717) is 0 Å². The van der Waals surface area contributed by atoms with E-state index >= 15 is 0 Å². The zero-order valence-corrected chi connectivity index (χ0v) is 19.9. The van der Waals surface area contributed by atoms with Crippen LogP contribution < -0.4 is 10.6 Å². The van der Waals surface area contributed by atoms with Gasteiger partial charge in [0, 0.05) is 17.9 Å². The van der Waals surface area contributed by atoms with Crippen molar-refractivity contribution in [1.29, 1.82) is 0 Å². The van der Waals surface area contributed by atoms with Crippen LogP contribution in [0, 0.1) is 6.92 Å². The molecule has 2 amide bonds. The van der Waals surface area contributed by atoms with Gasteiger partial charge in [0.15, 0.2) is 0 Å². The average Bonchev–Trinajstić information content (AvgIpc) is 3.12. The Kier molecular flexibility index (Phi) is 6.60. The molecule has 0 aliphatic heterocycles. The molecule has 0 unspecified atom stereocenters. The minimum absolute atomic E-state index is 0.0145. The van der Waals surface area contributed by atoms with Crippen molar-refractivity contribution in [2.24, 2.45) is 0 Å². The van der Waals surface area contributed by atoms with Gasteiger partial charge in [-0.1, -0.05) is 60.2 Å². The van der Waals surface area contributed by atoms with E-state index in [9.17, 15) is 19.5 Å². The third-order valence-corrected chi connectivity index (χ3v) is 6.07. The van der Waals surface area contributed by atoms with Gasteiger partial charge in [-0.25, -0.2) is 9.59 Å². The predicted molar refractivity (Wildman–Crippen MR) is 134 cm³/mol. The van der Waals surface area contributed by atoms with Crippen LogP contribution in [0.2, 0.25) is 0 Å². The van der Waals surface area contributed by atoms with Gasteiger partial charge in [0.1, 0.15) is 6.61 Å². The van der Waals surface area contributed by atoms with Crippen molar-refractivity contribution >= 4 is 23.7 Å². The highest BCUT2D eigenvalue weighted by Crippen LogP contribution is 2.44. The van der Waals surface area contributed by atoms with Crippen LogP contribution in [0.25, 0.3) is 11.1 Å². The highest BCUT2D eigenvalue weighted by molar-refractivity contribution is 6.01. The number of hydrogen-bond acceptors (Lipinski definition) is 4. The Morgan fingerprint density at radius 2 is 1.54 bits per heavy atom. The Morgan fingerprint density at radius 1 is 0.943 bits per heavy atom. The summed E-state index contributed by atoms with van der Waals surface area (Å²) in [6.07, 6.45) is -0.685. The summed E-state index contributed by atoms with van der Waals surface area (Å²) >= 11 is 0. The van der Waals surface area contributed by atoms with Crippen molar-refractivity contribution in [1.82, 2.24) is 5.32 Å². The Bertz CT molecular complexity index is 1250. The van der Waals surface area contributed by atoms with Crippen LogP contribution in [0.5, 0.6) is 0 Å². The van der Waals surface area contributed by atoms with Crippen LogP contribution in [0.4, 0.5) is 10.5 Å². The summed E-state index contributed by atoms with van der Waals surface area (Å²) in [4.78, 5) is 36.7. The number of aryl methyl sites for hydroxylation is 1. The van der Waals surface area contributed by atoms with Gasteiger partial charge in [-0.05, 0) is 55.2 Å². The van der Waals surface area contributed by atoms with Crippen LogP contribution in [0.1, 0.15) is 53.2 Å². The first-order chi connectivity index (χ1) is 16.6. The van der Waals surface area contributed by atoms with Crippen LogP contribution in [-0.4, -0.2) is 35.2 Å². The average molecular weight is 473 g/mol. The molecule has 35 heavy (non-hydrogen) atoms. The molecule has 0 radical (unpaired) electrons. The maximum Gasteiger partial charge on any atom is 0.407 e. The lowest BCUT2D eigenvalue weighted by molar-refractivity contribution is -0.117. The molecule has 0 heterocycles. The molecular weight excluding hydrogens is 444 g/mol. The van der Waals surface area contributed by atoms with Crippen molar-refractivity contribution in [3.8, 4) is 11.1 Å². The van der Waals surface area contributed by atoms with E-state index in [4.69, 9.17) is 4.74 Å².